The van der Waals surface area contributed by atoms with E-state index in [1.165, 1.54) is 11.3 Å². The Hall–Kier alpha value is -4.21. The highest BCUT2D eigenvalue weighted by molar-refractivity contribution is 7.98. The molecule has 3 aromatic carbocycles. The number of esters is 1. The summed E-state index contributed by atoms with van der Waals surface area (Å²) in [5.41, 5.74) is 3.98. The molecule has 1 aromatic heterocycles. The summed E-state index contributed by atoms with van der Waals surface area (Å²) in [6.45, 7) is 4.44. The first-order valence-corrected chi connectivity index (χ1v) is 15.8. The molecule has 0 N–H and O–H groups in total. The lowest BCUT2D eigenvalue weighted by Gasteiger charge is -2.25. The minimum absolute atomic E-state index is 0.0989. The van der Waals surface area contributed by atoms with Gasteiger partial charge in [0.25, 0.3) is 11.5 Å². The monoisotopic (exact) mass is 595 g/mol. The number of benzene rings is 3. The van der Waals surface area contributed by atoms with Gasteiger partial charge in [-0.05, 0) is 48.9 Å². The minimum Gasteiger partial charge on any atom is -0.457 e. The van der Waals surface area contributed by atoms with Crippen LogP contribution in [0, 0.1) is 0 Å². The number of nitrogens with zero attached hydrogens (tertiary/aromatic N) is 3. The number of ether oxygens (including phenoxy) is 1. The van der Waals surface area contributed by atoms with Crippen LogP contribution < -0.4 is 19.8 Å². The van der Waals surface area contributed by atoms with E-state index in [9.17, 15) is 14.4 Å². The number of fused-ring (bicyclic) bond motifs is 2. The fourth-order valence-electron chi connectivity index (χ4n) is 5.48. The number of carbonyl (C=O) groups excluding carboxylic acids is 2. The maximum atomic E-state index is 14.3. The maximum Gasteiger partial charge on any atom is 0.338 e. The van der Waals surface area contributed by atoms with E-state index in [1.54, 1.807) is 28.2 Å². The zero-order chi connectivity index (χ0) is 29.4. The highest BCUT2D eigenvalue weighted by Crippen LogP contribution is 2.36. The number of allylic oxidation sites excluding steroid dienone is 1. The summed E-state index contributed by atoms with van der Waals surface area (Å²) in [5, 5.41) is 0. The second kappa shape index (κ2) is 11.6. The van der Waals surface area contributed by atoms with Crippen LogP contribution in [-0.2, 0) is 20.9 Å². The third-order valence-corrected chi connectivity index (χ3v) is 9.26. The van der Waals surface area contributed by atoms with Crippen LogP contribution in [0.25, 0.3) is 5.57 Å². The van der Waals surface area contributed by atoms with Gasteiger partial charge in [-0.2, -0.15) is 0 Å². The largest absolute Gasteiger partial charge is 0.457 e. The smallest absolute Gasteiger partial charge is 0.338 e. The van der Waals surface area contributed by atoms with Crippen LogP contribution in [0.1, 0.15) is 43.0 Å². The van der Waals surface area contributed by atoms with Crippen molar-refractivity contribution in [3.05, 3.63) is 127 Å². The standard InChI is InChI=1S/C33H29N3O4S2/c1-4-18-35-25-13-9-8-12-24(25)27(30(35)37)29-31(38)36-28(22-14-16-23(41-3)17-15-22)26(20(2)34-33(36)42-29)32(39)40-19-21-10-6-5-7-11-21/h5-17,28H,4,18-19H2,1-3H3. The van der Waals surface area contributed by atoms with Crippen molar-refractivity contribution in [2.24, 2.45) is 4.99 Å². The third kappa shape index (κ3) is 4.82. The molecule has 0 spiro atoms. The molecule has 7 nitrogen and oxygen atoms in total. The maximum absolute atomic E-state index is 14.3. The molecule has 1 amide bonds. The summed E-state index contributed by atoms with van der Waals surface area (Å²) in [7, 11) is 0. The molecule has 1 unspecified atom stereocenters. The van der Waals surface area contributed by atoms with E-state index in [4.69, 9.17) is 9.73 Å². The molecule has 1 atom stereocenters. The zero-order valence-electron chi connectivity index (χ0n) is 23.5. The molecule has 0 bridgehead atoms. The number of para-hydroxylation sites is 1. The fraction of sp³-hybridized carbons (Fsp3) is 0.212. The SMILES string of the molecule is CCCN1C(=O)C(=c2sc3n(c2=O)C(c2ccc(SC)cc2)C(C(=O)OCc2ccccc2)=C(C)N=3)c2ccccc21. The van der Waals surface area contributed by atoms with Crippen LogP contribution in [-0.4, -0.2) is 29.2 Å². The molecule has 0 radical (unpaired) electrons. The van der Waals surface area contributed by atoms with E-state index in [-0.39, 0.29) is 18.1 Å². The van der Waals surface area contributed by atoms with E-state index in [2.05, 4.69) is 0 Å². The topological polar surface area (TPSA) is 81.0 Å². The molecule has 4 aromatic rings. The first-order chi connectivity index (χ1) is 20.4. The highest BCUT2D eigenvalue weighted by atomic mass is 32.2. The summed E-state index contributed by atoms with van der Waals surface area (Å²) < 4.78 is 7.63. The number of thiazole rings is 1. The second-order valence-electron chi connectivity index (χ2n) is 10.1. The zero-order valence-corrected chi connectivity index (χ0v) is 25.1. The fourth-order valence-corrected chi connectivity index (χ4v) is 7.03. The van der Waals surface area contributed by atoms with Crippen molar-refractivity contribution < 1.29 is 14.3 Å². The molecule has 42 heavy (non-hydrogen) atoms. The Balaban J connectivity index is 1.53. The number of carbonyl (C=O) groups is 2. The first kappa shape index (κ1) is 27.9. The Morgan fingerprint density at radius 1 is 1.00 bits per heavy atom. The van der Waals surface area contributed by atoms with Gasteiger partial charge in [-0.1, -0.05) is 78.9 Å². The van der Waals surface area contributed by atoms with Crippen molar-refractivity contribution in [1.82, 2.24) is 4.57 Å². The van der Waals surface area contributed by atoms with Gasteiger partial charge in [-0.15, -0.1) is 11.8 Å². The van der Waals surface area contributed by atoms with Gasteiger partial charge in [-0.25, -0.2) is 9.79 Å². The molecule has 0 saturated carbocycles. The Morgan fingerprint density at radius 2 is 1.71 bits per heavy atom. The number of hydrogen-bond acceptors (Lipinski definition) is 7. The number of rotatable bonds is 7. The van der Waals surface area contributed by atoms with Crippen LogP contribution in [0.15, 0.2) is 105 Å². The van der Waals surface area contributed by atoms with Gasteiger partial charge >= 0.3 is 5.97 Å². The Labute approximate surface area is 251 Å². The Kier molecular flexibility index (Phi) is 7.70. The van der Waals surface area contributed by atoms with Gasteiger partial charge in [0.1, 0.15) is 11.1 Å². The van der Waals surface area contributed by atoms with Crippen molar-refractivity contribution in [3.8, 4) is 0 Å². The number of amides is 1. The predicted octanol–water partition coefficient (Wildman–Crippen LogP) is 4.83. The van der Waals surface area contributed by atoms with Crippen molar-refractivity contribution in [2.75, 3.05) is 17.7 Å². The minimum atomic E-state index is -0.756. The molecule has 212 valence electrons. The molecule has 0 aliphatic carbocycles. The van der Waals surface area contributed by atoms with Crippen molar-refractivity contribution in [3.63, 3.8) is 0 Å². The Morgan fingerprint density at radius 3 is 2.43 bits per heavy atom. The molecular formula is C33H29N3O4S2. The predicted molar refractivity (Wildman–Crippen MR) is 166 cm³/mol. The van der Waals surface area contributed by atoms with Crippen LogP contribution in [0.4, 0.5) is 5.69 Å². The van der Waals surface area contributed by atoms with Crippen LogP contribution in [0.2, 0.25) is 0 Å². The third-order valence-electron chi connectivity index (χ3n) is 7.46. The van der Waals surface area contributed by atoms with Crippen molar-refractivity contribution in [2.45, 2.75) is 37.8 Å². The summed E-state index contributed by atoms with van der Waals surface area (Å²) in [4.78, 5) is 49.7. The number of thioether (sulfide) groups is 1. The van der Waals surface area contributed by atoms with E-state index in [0.717, 1.165) is 33.7 Å². The van der Waals surface area contributed by atoms with Crippen LogP contribution in [0.5, 0.6) is 0 Å². The normalized spacial score (nSPS) is 17.2. The summed E-state index contributed by atoms with van der Waals surface area (Å²) >= 11 is 2.80. The second-order valence-corrected chi connectivity index (χ2v) is 11.9. The van der Waals surface area contributed by atoms with E-state index < -0.39 is 12.0 Å². The first-order valence-electron chi connectivity index (χ1n) is 13.7. The van der Waals surface area contributed by atoms with Crippen molar-refractivity contribution >= 4 is 46.2 Å². The summed E-state index contributed by atoms with van der Waals surface area (Å²) in [5.74, 6) is -0.726. The summed E-state index contributed by atoms with van der Waals surface area (Å²) in [6.07, 6.45) is 2.78. The summed E-state index contributed by atoms with van der Waals surface area (Å²) in [6, 6.07) is 24.1. The molecule has 3 heterocycles. The number of hydrogen-bond donors (Lipinski definition) is 0. The van der Waals surface area contributed by atoms with Gasteiger partial charge in [0, 0.05) is 17.0 Å². The lowest BCUT2D eigenvalue weighted by molar-refractivity contribution is -0.140. The molecule has 0 fully saturated rings. The molecule has 9 heteroatoms. The number of aromatic nitrogens is 1. The van der Waals surface area contributed by atoms with E-state index >= 15 is 0 Å². The van der Waals surface area contributed by atoms with Gasteiger partial charge < -0.3 is 9.64 Å². The van der Waals surface area contributed by atoms with Gasteiger partial charge in [0.05, 0.1) is 28.6 Å². The molecular weight excluding hydrogens is 567 g/mol. The Bertz CT molecular complexity index is 1910. The van der Waals surface area contributed by atoms with E-state index in [0.29, 0.717) is 32.7 Å². The van der Waals surface area contributed by atoms with Crippen LogP contribution >= 0.6 is 23.1 Å². The highest BCUT2D eigenvalue weighted by Gasteiger charge is 2.37. The molecule has 6 rings (SSSR count). The average molecular weight is 596 g/mol. The molecule has 0 saturated heterocycles. The van der Waals surface area contributed by atoms with Gasteiger partial charge in [-0.3, -0.25) is 14.2 Å². The molecule has 2 aliphatic heterocycles. The quantitative estimate of drug-likeness (QED) is 0.226. The lowest BCUT2D eigenvalue weighted by atomic mass is 9.96. The van der Waals surface area contributed by atoms with Gasteiger partial charge in [0.15, 0.2) is 4.80 Å². The lowest BCUT2D eigenvalue weighted by Crippen LogP contribution is -2.41. The van der Waals surface area contributed by atoms with Gasteiger partial charge in [0.2, 0.25) is 0 Å². The molecule has 2 aliphatic rings. The van der Waals surface area contributed by atoms with Crippen molar-refractivity contribution in [1.29, 1.82) is 0 Å². The average Bonchev–Trinajstić information content (AvgIpc) is 3.48. The van der Waals surface area contributed by atoms with Crippen LogP contribution in [0.3, 0.4) is 0 Å². The number of anilines is 1. The van der Waals surface area contributed by atoms with E-state index in [1.807, 2.05) is 92.0 Å².